The summed E-state index contributed by atoms with van der Waals surface area (Å²) in [4.78, 5) is 11.6. The summed E-state index contributed by atoms with van der Waals surface area (Å²) in [5.74, 6) is -1.14. The van der Waals surface area contributed by atoms with Crippen molar-refractivity contribution in [2.45, 2.75) is 25.9 Å². The average Bonchev–Trinajstić information content (AvgIpc) is 2.28. The molecular weight excluding hydrogens is 245 g/mol. The summed E-state index contributed by atoms with van der Waals surface area (Å²) in [5.41, 5.74) is -0.0413. The van der Waals surface area contributed by atoms with E-state index in [1.54, 1.807) is 0 Å². The fourth-order valence-corrected chi connectivity index (χ4v) is 1.48. The zero-order valence-electron chi connectivity index (χ0n) is 9.54. The molecule has 0 saturated heterocycles. The largest absolute Gasteiger partial charge is 0.393 e. The first-order chi connectivity index (χ1) is 8.04. The van der Waals surface area contributed by atoms with E-state index in [1.807, 2.05) is 6.92 Å². The Morgan fingerprint density at radius 1 is 1.59 bits per heavy atom. The van der Waals surface area contributed by atoms with Crippen LogP contribution in [0, 0.1) is 5.82 Å². The summed E-state index contributed by atoms with van der Waals surface area (Å²) < 4.78 is 13.4. The van der Waals surface area contributed by atoms with Crippen LogP contribution in [0.3, 0.4) is 0 Å². The minimum Gasteiger partial charge on any atom is -0.393 e. The fraction of sp³-hybridized carbons (Fsp3) is 0.417. The molecule has 94 valence electrons. The van der Waals surface area contributed by atoms with Crippen molar-refractivity contribution in [2.24, 2.45) is 0 Å². The maximum atomic E-state index is 13.4. The van der Waals surface area contributed by atoms with Crippen LogP contribution in [0.1, 0.15) is 30.1 Å². The molecular formula is C12H15ClFNO2. The summed E-state index contributed by atoms with van der Waals surface area (Å²) in [6.45, 7) is 2.17. The second-order valence-electron chi connectivity index (χ2n) is 3.73. The summed E-state index contributed by atoms with van der Waals surface area (Å²) in [6.07, 6.45) is 0.646. The Balaban J connectivity index is 2.52. The molecule has 0 bridgehead atoms. The van der Waals surface area contributed by atoms with Gasteiger partial charge in [0.05, 0.1) is 11.7 Å². The number of aliphatic hydroxyl groups is 1. The van der Waals surface area contributed by atoms with Crippen molar-refractivity contribution in [3.63, 3.8) is 0 Å². The average molecular weight is 260 g/mol. The minimum atomic E-state index is -0.647. The molecule has 1 aromatic rings. The van der Waals surface area contributed by atoms with Crippen LogP contribution in [0.15, 0.2) is 18.2 Å². The Bertz CT molecular complexity index is 398. The number of benzene rings is 1. The molecule has 0 aliphatic heterocycles. The van der Waals surface area contributed by atoms with Crippen LogP contribution in [0.2, 0.25) is 5.02 Å². The van der Waals surface area contributed by atoms with Gasteiger partial charge in [0.15, 0.2) is 0 Å². The number of hydrogen-bond acceptors (Lipinski definition) is 2. The van der Waals surface area contributed by atoms with Crippen molar-refractivity contribution in [3.05, 3.63) is 34.6 Å². The molecule has 2 N–H and O–H groups in total. The molecule has 1 rings (SSSR count). The lowest BCUT2D eigenvalue weighted by molar-refractivity contribution is 0.0938. The van der Waals surface area contributed by atoms with E-state index in [-0.39, 0.29) is 10.6 Å². The van der Waals surface area contributed by atoms with Crippen molar-refractivity contribution < 1.29 is 14.3 Å². The molecule has 1 aromatic carbocycles. The molecule has 0 radical (unpaired) electrons. The maximum absolute atomic E-state index is 13.4. The molecule has 0 heterocycles. The van der Waals surface area contributed by atoms with Crippen molar-refractivity contribution >= 4 is 17.5 Å². The third-order valence-corrected chi connectivity index (χ3v) is 2.65. The first-order valence-corrected chi connectivity index (χ1v) is 5.83. The van der Waals surface area contributed by atoms with Crippen LogP contribution in [0.25, 0.3) is 0 Å². The topological polar surface area (TPSA) is 49.3 Å². The van der Waals surface area contributed by atoms with Gasteiger partial charge in [-0.05, 0) is 31.0 Å². The molecule has 0 saturated carbocycles. The minimum absolute atomic E-state index is 0.0413. The van der Waals surface area contributed by atoms with E-state index in [0.717, 1.165) is 6.07 Å². The number of carbonyl (C=O) groups is 1. The van der Waals surface area contributed by atoms with Crippen molar-refractivity contribution in [1.29, 1.82) is 0 Å². The van der Waals surface area contributed by atoms with E-state index in [4.69, 9.17) is 11.6 Å². The lowest BCUT2D eigenvalue weighted by Gasteiger charge is -2.09. The van der Waals surface area contributed by atoms with E-state index in [2.05, 4.69) is 5.32 Å². The van der Waals surface area contributed by atoms with Gasteiger partial charge in [-0.15, -0.1) is 0 Å². The van der Waals surface area contributed by atoms with Gasteiger partial charge in [-0.25, -0.2) is 4.39 Å². The van der Waals surface area contributed by atoms with Gasteiger partial charge in [-0.2, -0.15) is 0 Å². The molecule has 0 aromatic heterocycles. The third kappa shape index (κ3) is 4.32. The highest BCUT2D eigenvalue weighted by Gasteiger charge is 2.11. The van der Waals surface area contributed by atoms with E-state index in [0.29, 0.717) is 19.4 Å². The van der Waals surface area contributed by atoms with Crippen molar-refractivity contribution in [2.75, 3.05) is 6.54 Å². The van der Waals surface area contributed by atoms with Gasteiger partial charge < -0.3 is 10.4 Å². The second kappa shape index (κ2) is 6.57. The monoisotopic (exact) mass is 259 g/mol. The number of aliphatic hydroxyl groups excluding tert-OH is 1. The Labute approximate surface area is 105 Å². The maximum Gasteiger partial charge on any atom is 0.254 e. The van der Waals surface area contributed by atoms with Crippen molar-refractivity contribution in [1.82, 2.24) is 5.32 Å². The van der Waals surface area contributed by atoms with Crippen LogP contribution in [-0.2, 0) is 0 Å². The first kappa shape index (κ1) is 13.9. The molecule has 1 unspecified atom stereocenters. The van der Waals surface area contributed by atoms with Crippen molar-refractivity contribution in [3.8, 4) is 0 Å². The molecule has 3 nitrogen and oxygen atoms in total. The smallest absolute Gasteiger partial charge is 0.254 e. The molecule has 0 spiro atoms. The highest BCUT2D eigenvalue weighted by Crippen LogP contribution is 2.14. The Morgan fingerprint density at radius 3 is 2.88 bits per heavy atom. The number of rotatable bonds is 5. The van der Waals surface area contributed by atoms with Gasteiger partial charge in [0, 0.05) is 11.6 Å². The van der Waals surface area contributed by atoms with Crippen LogP contribution in [0.5, 0.6) is 0 Å². The van der Waals surface area contributed by atoms with Gasteiger partial charge in [-0.1, -0.05) is 18.5 Å². The molecule has 1 amide bonds. The lowest BCUT2D eigenvalue weighted by Crippen LogP contribution is -2.27. The first-order valence-electron chi connectivity index (χ1n) is 5.46. The second-order valence-corrected chi connectivity index (χ2v) is 4.17. The fourth-order valence-electron chi connectivity index (χ4n) is 1.33. The Kier molecular flexibility index (Phi) is 5.38. The SMILES string of the molecule is CCC(O)CCNC(=O)c1ccc(Cl)cc1F. The summed E-state index contributed by atoms with van der Waals surface area (Å²) in [6, 6.07) is 3.89. The van der Waals surface area contributed by atoms with E-state index in [1.165, 1.54) is 12.1 Å². The highest BCUT2D eigenvalue weighted by atomic mass is 35.5. The lowest BCUT2D eigenvalue weighted by atomic mass is 10.2. The number of halogens is 2. The van der Waals surface area contributed by atoms with Crippen LogP contribution in [0.4, 0.5) is 4.39 Å². The normalized spacial score (nSPS) is 12.2. The standard InChI is InChI=1S/C12H15ClFNO2/c1-2-9(16)5-6-15-12(17)10-4-3-8(13)7-11(10)14/h3-4,7,9,16H,2,5-6H2,1H3,(H,15,17). The Morgan fingerprint density at radius 2 is 2.29 bits per heavy atom. The van der Waals surface area contributed by atoms with E-state index < -0.39 is 17.8 Å². The van der Waals surface area contributed by atoms with Gasteiger partial charge >= 0.3 is 0 Å². The van der Waals surface area contributed by atoms with E-state index >= 15 is 0 Å². The summed E-state index contributed by atoms with van der Waals surface area (Å²) in [7, 11) is 0. The molecule has 1 atom stereocenters. The van der Waals surface area contributed by atoms with Crippen LogP contribution >= 0.6 is 11.6 Å². The van der Waals surface area contributed by atoms with Gasteiger partial charge in [-0.3, -0.25) is 4.79 Å². The number of carbonyl (C=O) groups excluding carboxylic acids is 1. The zero-order chi connectivity index (χ0) is 12.8. The van der Waals surface area contributed by atoms with Crippen LogP contribution < -0.4 is 5.32 Å². The predicted molar refractivity (Wildman–Crippen MR) is 64.7 cm³/mol. The van der Waals surface area contributed by atoms with Gasteiger partial charge in [0.1, 0.15) is 5.82 Å². The van der Waals surface area contributed by atoms with E-state index in [9.17, 15) is 14.3 Å². The number of amides is 1. The molecule has 0 aliphatic carbocycles. The molecule has 17 heavy (non-hydrogen) atoms. The zero-order valence-corrected chi connectivity index (χ0v) is 10.3. The van der Waals surface area contributed by atoms with Gasteiger partial charge in [0.25, 0.3) is 5.91 Å². The summed E-state index contributed by atoms with van der Waals surface area (Å²) >= 11 is 5.58. The number of nitrogens with one attached hydrogen (secondary N) is 1. The highest BCUT2D eigenvalue weighted by molar-refractivity contribution is 6.30. The van der Waals surface area contributed by atoms with Gasteiger partial charge in [0.2, 0.25) is 0 Å². The molecule has 5 heteroatoms. The third-order valence-electron chi connectivity index (χ3n) is 2.41. The molecule has 0 aliphatic rings. The Hall–Kier alpha value is -1.13. The summed E-state index contributed by atoms with van der Waals surface area (Å²) in [5, 5.41) is 12.1. The predicted octanol–water partition coefficient (Wildman–Crippen LogP) is 2.37. The quantitative estimate of drug-likeness (QED) is 0.853. The molecule has 0 fully saturated rings. The number of hydrogen-bond donors (Lipinski definition) is 2. The van der Waals surface area contributed by atoms with Crippen LogP contribution in [-0.4, -0.2) is 23.7 Å².